The lowest BCUT2D eigenvalue weighted by atomic mass is 10.1. The predicted molar refractivity (Wildman–Crippen MR) is 115 cm³/mol. The molecule has 1 unspecified atom stereocenters. The van der Waals surface area contributed by atoms with Gasteiger partial charge in [-0.3, -0.25) is 14.4 Å². The molecule has 2 aromatic rings. The van der Waals surface area contributed by atoms with Crippen LogP contribution in [0.3, 0.4) is 0 Å². The highest BCUT2D eigenvalue weighted by Crippen LogP contribution is 2.31. The molecule has 7 nitrogen and oxygen atoms in total. The second kappa shape index (κ2) is 7.72. The van der Waals surface area contributed by atoms with E-state index in [9.17, 15) is 14.4 Å². The first-order valence-electron chi connectivity index (χ1n) is 10.7. The summed E-state index contributed by atoms with van der Waals surface area (Å²) in [6, 6.07) is 12.9. The first kappa shape index (κ1) is 19.6. The van der Waals surface area contributed by atoms with Crippen molar-refractivity contribution in [3.05, 3.63) is 59.2 Å². The van der Waals surface area contributed by atoms with E-state index in [-0.39, 0.29) is 36.9 Å². The summed E-state index contributed by atoms with van der Waals surface area (Å²) < 4.78 is 5.49. The Labute approximate surface area is 181 Å². The van der Waals surface area contributed by atoms with Crippen LogP contribution >= 0.6 is 0 Å². The molecule has 7 heteroatoms. The quantitative estimate of drug-likeness (QED) is 0.762. The summed E-state index contributed by atoms with van der Waals surface area (Å²) in [6.45, 7) is 1.62. The number of ether oxygens (including phenoxy) is 1. The zero-order valence-electron chi connectivity index (χ0n) is 17.5. The number of hydrogen-bond acceptors (Lipinski definition) is 4. The van der Waals surface area contributed by atoms with Gasteiger partial charge in [0.25, 0.3) is 5.91 Å². The Morgan fingerprint density at radius 2 is 1.97 bits per heavy atom. The van der Waals surface area contributed by atoms with E-state index in [1.165, 1.54) is 5.56 Å². The van der Waals surface area contributed by atoms with Gasteiger partial charge in [-0.2, -0.15) is 0 Å². The van der Waals surface area contributed by atoms with Crippen molar-refractivity contribution in [2.75, 3.05) is 31.6 Å². The number of benzene rings is 2. The van der Waals surface area contributed by atoms with Crippen molar-refractivity contribution in [1.82, 2.24) is 9.80 Å². The topological polar surface area (TPSA) is 70.2 Å². The van der Waals surface area contributed by atoms with Crippen molar-refractivity contribution in [2.24, 2.45) is 0 Å². The third-order valence-corrected chi connectivity index (χ3v) is 6.52. The first-order chi connectivity index (χ1) is 15.1. The molecule has 0 aromatic heterocycles. The van der Waals surface area contributed by atoms with E-state index in [0.717, 1.165) is 24.1 Å². The Kier molecular flexibility index (Phi) is 4.88. The second-order valence-electron chi connectivity index (χ2n) is 8.30. The number of nitrogens with zero attached hydrogens (tertiary/aromatic N) is 3. The van der Waals surface area contributed by atoms with Crippen LogP contribution in [-0.2, 0) is 22.6 Å². The number of carbonyl (C=O) groups excluding carboxylic acids is 3. The summed E-state index contributed by atoms with van der Waals surface area (Å²) in [5.74, 6) is 0.496. The summed E-state index contributed by atoms with van der Waals surface area (Å²) in [5, 5.41) is 0. The van der Waals surface area contributed by atoms with E-state index in [1.807, 2.05) is 24.3 Å². The normalized spacial score (nSPS) is 20.2. The standard InChI is InChI=1S/C24H25N3O4/c1-31-21-9-8-17(23(29)27-12-10-16-5-2-3-6-19(16)27)13-18(21)14-25-15-22(28)26-11-4-7-20(26)24(25)30/h2-3,5-6,8-9,13,20H,4,7,10-12,14-15H2,1H3. The number of methoxy groups -OCH3 is 1. The Morgan fingerprint density at radius 1 is 1.13 bits per heavy atom. The lowest BCUT2D eigenvalue weighted by Crippen LogP contribution is -2.56. The zero-order chi connectivity index (χ0) is 21.5. The molecule has 0 aliphatic carbocycles. The third-order valence-electron chi connectivity index (χ3n) is 6.52. The molecule has 1 atom stereocenters. The zero-order valence-corrected chi connectivity index (χ0v) is 17.5. The molecule has 0 bridgehead atoms. The fourth-order valence-corrected chi connectivity index (χ4v) is 4.94. The minimum Gasteiger partial charge on any atom is -0.496 e. The van der Waals surface area contributed by atoms with Crippen LogP contribution < -0.4 is 9.64 Å². The number of para-hydroxylation sites is 1. The van der Waals surface area contributed by atoms with Gasteiger partial charge >= 0.3 is 0 Å². The molecule has 3 amide bonds. The van der Waals surface area contributed by atoms with E-state index in [2.05, 4.69) is 0 Å². The first-order valence-corrected chi connectivity index (χ1v) is 10.7. The average molecular weight is 419 g/mol. The van der Waals surface area contributed by atoms with Crippen LogP contribution in [0.5, 0.6) is 5.75 Å². The molecule has 0 saturated carbocycles. The van der Waals surface area contributed by atoms with Crippen molar-refractivity contribution in [3.8, 4) is 5.75 Å². The van der Waals surface area contributed by atoms with Crippen LogP contribution in [0, 0.1) is 0 Å². The number of fused-ring (bicyclic) bond motifs is 2. The number of rotatable bonds is 4. The molecule has 160 valence electrons. The monoisotopic (exact) mass is 419 g/mol. The van der Waals surface area contributed by atoms with Crippen LogP contribution in [0.1, 0.15) is 34.3 Å². The molecule has 0 N–H and O–H groups in total. The minimum absolute atomic E-state index is 0.0121. The minimum atomic E-state index is -0.349. The van der Waals surface area contributed by atoms with Gasteiger partial charge in [0.15, 0.2) is 0 Å². The molecule has 3 aliphatic heterocycles. The molecule has 31 heavy (non-hydrogen) atoms. The van der Waals surface area contributed by atoms with Crippen molar-refractivity contribution in [3.63, 3.8) is 0 Å². The Balaban J connectivity index is 1.41. The van der Waals surface area contributed by atoms with Gasteiger partial charge in [0, 0.05) is 36.4 Å². The van der Waals surface area contributed by atoms with Crippen LogP contribution in [0.25, 0.3) is 0 Å². The van der Waals surface area contributed by atoms with Gasteiger partial charge in [-0.15, -0.1) is 0 Å². The second-order valence-corrected chi connectivity index (χ2v) is 8.30. The molecule has 3 aliphatic rings. The lowest BCUT2D eigenvalue weighted by molar-refractivity contribution is -0.154. The Hall–Kier alpha value is -3.35. The highest BCUT2D eigenvalue weighted by Gasteiger charge is 2.42. The average Bonchev–Trinajstić information content (AvgIpc) is 3.44. The van der Waals surface area contributed by atoms with E-state index < -0.39 is 0 Å². The van der Waals surface area contributed by atoms with Crippen molar-refractivity contribution < 1.29 is 19.1 Å². The molecule has 3 heterocycles. The van der Waals surface area contributed by atoms with Crippen molar-refractivity contribution in [1.29, 1.82) is 0 Å². The van der Waals surface area contributed by atoms with Gasteiger partial charge in [0.2, 0.25) is 11.8 Å². The van der Waals surface area contributed by atoms with Crippen molar-refractivity contribution in [2.45, 2.75) is 31.8 Å². The van der Waals surface area contributed by atoms with Gasteiger partial charge in [0.05, 0.1) is 7.11 Å². The number of piperazine rings is 1. The summed E-state index contributed by atoms with van der Waals surface area (Å²) in [6.07, 6.45) is 2.42. The molecule has 2 fully saturated rings. The highest BCUT2D eigenvalue weighted by atomic mass is 16.5. The van der Waals surface area contributed by atoms with E-state index in [4.69, 9.17) is 4.74 Å². The van der Waals surface area contributed by atoms with E-state index >= 15 is 0 Å². The molecule has 0 spiro atoms. The molecule has 5 rings (SSSR count). The number of anilines is 1. The molecule has 2 aromatic carbocycles. The number of amides is 3. The maximum Gasteiger partial charge on any atom is 0.258 e. The SMILES string of the molecule is COc1ccc(C(=O)N2CCc3ccccc32)cc1CN1CC(=O)N2CCCC2C1=O. The summed E-state index contributed by atoms with van der Waals surface area (Å²) in [5.41, 5.74) is 3.39. The van der Waals surface area contributed by atoms with Gasteiger partial charge in [-0.1, -0.05) is 18.2 Å². The summed E-state index contributed by atoms with van der Waals surface area (Å²) in [4.78, 5) is 43.8. The van der Waals surface area contributed by atoms with Crippen molar-refractivity contribution >= 4 is 23.4 Å². The fourth-order valence-electron chi connectivity index (χ4n) is 4.94. The maximum absolute atomic E-state index is 13.3. The largest absolute Gasteiger partial charge is 0.496 e. The van der Waals surface area contributed by atoms with Gasteiger partial charge in [-0.05, 0) is 49.1 Å². The van der Waals surface area contributed by atoms with E-state index in [1.54, 1.807) is 40.0 Å². The van der Waals surface area contributed by atoms with E-state index in [0.29, 0.717) is 30.8 Å². The smallest absolute Gasteiger partial charge is 0.258 e. The summed E-state index contributed by atoms with van der Waals surface area (Å²) in [7, 11) is 1.57. The number of hydrogen-bond donors (Lipinski definition) is 0. The van der Waals surface area contributed by atoms with Gasteiger partial charge in [0.1, 0.15) is 18.3 Å². The molecular formula is C24H25N3O4. The Bertz CT molecular complexity index is 1070. The van der Waals surface area contributed by atoms with Crippen LogP contribution in [0.4, 0.5) is 5.69 Å². The fraction of sp³-hybridized carbons (Fsp3) is 0.375. The third kappa shape index (κ3) is 3.34. The lowest BCUT2D eigenvalue weighted by Gasteiger charge is -2.36. The van der Waals surface area contributed by atoms with Gasteiger partial charge < -0.3 is 19.4 Å². The highest BCUT2D eigenvalue weighted by molar-refractivity contribution is 6.07. The predicted octanol–water partition coefficient (Wildman–Crippen LogP) is 2.23. The Morgan fingerprint density at radius 3 is 2.81 bits per heavy atom. The molecular weight excluding hydrogens is 394 g/mol. The molecule has 2 saturated heterocycles. The van der Waals surface area contributed by atoms with Crippen LogP contribution in [0.15, 0.2) is 42.5 Å². The van der Waals surface area contributed by atoms with Crippen LogP contribution in [-0.4, -0.2) is 60.3 Å². The number of carbonyl (C=O) groups is 3. The summed E-state index contributed by atoms with van der Waals surface area (Å²) >= 11 is 0. The molecule has 0 radical (unpaired) electrons. The maximum atomic E-state index is 13.3. The van der Waals surface area contributed by atoms with Gasteiger partial charge in [-0.25, -0.2) is 0 Å². The van der Waals surface area contributed by atoms with Crippen LogP contribution in [0.2, 0.25) is 0 Å².